The van der Waals surface area contributed by atoms with Gasteiger partial charge in [-0.2, -0.15) is 4.31 Å². The van der Waals surface area contributed by atoms with E-state index in [1.807, 2.05) is 30.3 Å². The number of ether oxygens (including phenoxy) is 1. The molecule has 0 aliphatic carbocycles. The van der Waals surface area contributed by atoms with E-state index in [0.717, 1.165) is 34.5 Å². The maximum absolute atomic E-state index is 12.7. The van der Waals surface area contributed by atoms with E-state index in [1.165, 1.54) is 13.8 Å². The summed E-state index contributed by atoms with van der Waals surface area (Å²) in [6.45, 7) is 0.475. The summed E-state index contributed by atoms with van der Waals surface area (Å²) in [6.07, 6.45) is -6.68. The molecule has 28 heteroatoms. The van der Waals surface area contributed by atoms with Crippen LogP contribution in [0.3, 0.4) is 0 Å². The van der Waals surface area contributed by atoms with Crippen molar-refractivity contribution in [3.8, 4) is 0 Å². The van der Waals surface area contributed by atoms with E-state index in [0.29, 0.717) is 5.75 Å². The topological polar surface area (TPSA) is 364 Å². The lowest BCUT2D eigenvalue weighted by Gasteiger charge is -2.30. The summed E-state index contributed by atoms with van der Waals surface area (Å²) < 4.78 is 62.1. The van der Waals surface area contributed by atoms with Crippen molar-refractivity contribution in [3.05, 3.63) is 48.5 Å². The van der Waals surface area contributed by atoms with E-state index in [1.54, 1.807) is 0 Å². The molecular formula is C29H42N7O17P3S. The van der Waals surface area contributed by atoms with Gasteiger partial charge < -0.3 is 50.9 Å². The van der Waals surface area contributed by atoms with Crippen molar-refractivity contribution in [2.24, 2.45) is 5.41 Å². The first-order valence-electron chi connectivity index (χ1n) is 16.7. The second-order valence-electron chi connectivity index (χ2n) is 13.0. The number of carbonyl (C=O) groups excluding carboxylic acids is 3. The number of aliphatic hydroxyl groups is 2. The molecule has 7 atom stereocenters. The highest BCUT2D eigenvalue weighted by Crippen LogP contribution is 2.61. The number of phosphoric ester groups is 3. The van der Waals surface area contributed by atoms with Crippen LogP contribution in [0.1, 0.15) is 32.1 Å². The van der Waals surface area contributed by atoms with Crippen molar-refractivity contribution in [2.45, 2.75) is 57.3 Å². The number of thioether (sulfide) groups is 1. The Morgan fingerprint density at radius 2 is 1.70 bits per heavy atom. The predicted molar refractivity (Wildman–Crippen MR) is 197 cm³/mol. The Hall–Kier alpha value is -3.22. The Morgan fingerprint density at radius 1 is 1.02 bits per heavy atom. The molecule has 1 fully saturated rings. The molecule has 0 radical (unpaired) electrons. The number of amides is 2. The highest BCUT2D eigenvalue weighted by atomic mass is 32.2. The van der Waals surface area contributed by atoms with Crippen LogP contribution in [-0.2, 0) is 57.1 Å². The summed E-state index contributed by atoms with van der Waals surface area (Å²) in [5.41, 5.74) is 5.13. The first-order valence-corrected chi connectivity index (χ1v) is 22.2. The quantitative estimate of drug-likeness (QED) is 0.0498. The normalized spacial score (nSPS) is 21.4. The zero-order valence-electron chi connectivity index (χ0n) is 30.2. The van der Waals surface area contributed by atoms with Crippen LogP contribution in [0.2, 0.25) is 0 Å². The standard InChI is InChI=1S/C29H42N7O17P3S/c1-29(2,24(40)27(41)32-9-8-19(37)31-10-11-57-20(38)12-17-6-4-3-5-7-17)14-50-56(47,48)53-55(45,46)49-13-18-23(52-54(42,43)44)22(39)28(51-18)36-16-35-21-25(30)33-15-34-26(21)36/h3-7,15-16,18,22-24,28,39-40H,8-14H2,1-2H3,(H,31,37)(H,32,41)(H,45,46)(H,47,48)(H2,30,33,34)(H2,42,43,44)/t18-,22-,23-,24?,28-/m1/s1. The van der Waals surface area contributed by atoms with Gasteiger partial charge in [-0.25, -0.2) is 28.6 Å². The van der Waals surface area contributed by atoms with Gasteiger partial charge in [0.2, 0.25) is 11.8 Å². The molecule has 0 spiro atoms. The van der Waals surface area contributed by atoms with Crippen LogP contribution in [0.5, 0.6) is 0 Å². The zero-order chi connectivity index (χ0) is 42.2. The Morgan fingerprint density at radius 3 is 2.39 bits per heavy atom. The van der Waals surface area contributed by atoms with E-state index >= 15 is 0 Å². The van der Waals surface area contributed by atoms with Gasteiger partial charge in [-0.1, -0.05) is 55.9 Å². The molecule has 1 aliphatic heterocycles. The number of fused-ring (bicyclic) bond motifs is 1. The predicted octanol–water partition coefficient (Wildman–Crippen LogP) is -0.0926. The number of aliphatic hydroxyl groups excluding tert-OH is 2. The molecular weight excluding hydrogens is 843 g/mol. The number of imidazole rings is 1. The summed E-state index contributed by atoms with van der Waals surface area (Å²) in [5.74, 6) is -1.13. The van der Waals surface area contributed by atoms with E-state index in [4.69, 9.17) is 19.5 Å². The molecule has 3 heterocycles. The van der Waals surface area contributed by atoms with Gasteiger partial charge in [0.1, 0.15) is 36.3 Å². The minimum atomic E-state index is -5.57. The number of benzene rings is 1. The Bertz CT molecular complexity index is 2020. The molecule has 1 saturated heterocycles. The molecule has 0 saturated carbocycles. The molecule has 1 aliphatic rings. The zero-order valence-corrected chi connectivity index (χ0v) is 33.7. The van der Waals surface area contributed by atoms with Crippen molar-refractivity contribution in [2.75, 3.05) is 37.8 Å². The fourth-order valence-corrected chi connectivity index (χ4v) is 8.64. The monoisotopic (exact) mass is 885 g/mol. The highest BCUT2D eigenvalue weighted by molar-refractivity contribution is 8.13. The molecule has 3 aromatic rings. The molecule has 316 valence electrons. The average Bonchev–Trinajstić information content (AvgIpc) is 3.68. The summed E-state index contributed by atoms with van der Waals surface area (Å²) in [4.78, 5) is 87.7. The lowest BCUT2D eigenvalue weighted by atomic mass is 9.87. The molecule has 24 nitrogen and oxygen atoms in total. The molecule has 2 amide bonds. The van der Waals surface area contributed by atoms with Gasteiger partial charge in [-0.05, 0) is 5.56 Å². The summed E-state index contributed by atoms with van der Waals surface area (Å²) in [7, 11) is -16.4. The number of anilines is 1. The van der Waals surface area contributed by atoms with Crippen LogP contribution in [0, 0.1) is 5.41 Å². The van der Waals surface area contributed by atoms with E-state index in [2.05, 4.69) is 34.4 Å². The second kappa shape index (κ2) is 19.7. The molecule has 57 heavy (non-hydrogen) atoms. The Balaban J connectivity index is 1.22. The maximum atomic E-state index is 12.7. The van der Waals surface area contributed by atoms with Crippen molar-refractivity contribution in [3.63, 3.8) is 0 Å². The Kier molecular flexibility index (Phi) is 16.1. The number of nitrogens with zero attached hydrogens (tertiary/aromatic N) is 4. The van der Waals surface area contributed by atoms with E-state index < -0.39 is 84.6 Å². The number of nitrogens with one attached hydrogen (secondary N) is 2. The van der Waals surface area contributed by atoms with Gasteiger partial charge in [-0.15, -0.1) is 0 Å². The number of aromatic nitrogens is 4. The van der Waals surface area contributed by atoms with Gasteiger partial charge in [0.25, 0.3) is 0 Å². The third-order valence-corrected chi connectivity index (χ3v) is 11.9. The second-order valence-corrected chi connectivity index (χ2v) is 18.3. The van der Waals surface area contributed by atoms with Crippen molar-refractivity contribution in [1.82, 2.24) is 30.2 Å². The molecule has 1 aromatic carbocycles. The van der Waals surface area contributed by atoms with Crippen LogP contribution < -0.4 is 16.4 Å². The molecule has 2 aromatic heterocycles. The number of nitrogen functional groups attached to an aromatic ring is 1. The van der Waals surface area contributed by atoms with Crippen molar-refractivity contribution < 1.29 is 80.5 Å². The number of nitrogens with two attached hydrogens (primary N) is 1. The number of carbonyl (C=O) groups is 3. The van der Waals surface area contributed by atoms with Gasteiger partial charge in [0, 0.05) is 37.1 Å². The van der Waals surface area contributed by atoms with Gasteiger partial charge >= 0.3 is 23.5 Å². The highest BCUT2D eigenvalue weighted by Gasteiger charge is 2.50. The number of hydrogen-bond acceptors (Lipinski definition) is 18. The van der Waals surface area contributed by atoms with Gasteiger partial charge in [0.15, 0.2) is 22.8 Å². The minimum absolute atomic E-state index is 0.0296. The maximum Gasteiger partial charge on any atom is 0.481 e. The molecule has 10 N–H and O–H groups in total. The Labute approximate surface area is 328 Å². The fraction of sp³-hybridized carbons (Fsp3) is 0.517. The van der Waals surface area contributed by atoms with Crippen molar-refractivity contribution >= 4 is 69.1 Å². The fourth-order valence-electron chi connectivity index (χ4n) is 5.11. The van der Waals surface area contributed by atoms with Crippen LogP contribution in [0.4, 0.5) is 5.82 Å². The van der Waals surface area contributed by atoms with Crippen LogP contribution in [-0.4, -0.2) is 123 Å². The van der Waals surface area contributed by atoms with Crippen LogP contribution in [0.15, 0.2) is 43.0 Å². The summed E-state index contributed by atoms with van der Waals surface area (Å²) >= 11 is 1.07. The average molecular weight is 886 g/mol. The van der Waals surface area contributed by atoms with Crippen LogP contribution in [0.25, 0.3) is 11.2 Å². The minimum Gasteiger partial charge on any atom is -0.386 e. The number of phosphoric acid groups is 3. The largest absolute Gasteiger partial charge is 0.481 e. The third-order valence-electron chi connectivity index (χ3n) is 7.96. The number of hydrogen-bond donors (Lipinski definition) is 9. The van der Waals surface area contributed by atoms with Crippen molar-refractivity contribution in [1.29, 1.82) is 0 Å². The SMILES string of the molecule is CC(C)(COP(=O)(O)OP(=O)(O)OC[C@H]1O[C@@H](n2cnc3c(N)ncnc32)[C@H](O)[C@@H]1OP(=O)(O)O)C(O)C(=O)NCCC(=O)NCCSC(=O)Cc1ccccc1. The molecule has 4 rings (SSSR count). The van der Waals surface area contributed by atoms with Gasteiger partial charge in [0.05, 0.1) is 19.5 Å². The first kappa shape index (κ1) is 46.5. The van der Waals surface area contributed by atoms with Crippen LogP contribution >= 0.6 is 35.2 Å². The lowest BCUT2D eigenvalue weighted by Crippen LogP contribution is -2.46. The van der Waals surface area contributed by atoms with E-state index in [-0.39, 0.29) is 48.0 Å². The third kappa shape index (κ3) is 13.9. The number of rotatable bonds is 21. The van der Waals surface area contributed by atoms with Gasteiger partial charge in [-0.3, -0.25) is 32.5 Å². The molecule has 0 bridgehead atoms. The first-order chi connectivity index (χ1) is 26.6. The van der Waals surface area contributed by atoms with E-state index in [9.17, 15) is 57.9 Å². The lowest BCUT2D eigenvalue weighted by molar-refractivity contribution is -0.137. The molecule has 3 unspecified atom stereocenters. The summed E-state index contributed by atoms with van der Waals surface area (Å²) in [6, 6.07) is 9.16. The smallest absolute Gasteiger partial charge is 0.386 e. The summed E-state index contributed by atoms with van der Waals surface area (Å²) in [5, 5.41) is 26.3.